The van der Waals surface area contributed by atoms with Gasteiger partial charge >= 0.3 is 0 Å². The number of nitrogen functional groups attached to an aromatic ring is 1. The largest absolute Gasteiger partial charge is 0.616 e. The highest BCUT2D eigenvalue weighted by molar-refractivity contribution is 7.91. The molecule has 220 valence electrons. The average Bonchev–Trinajstić information content (AvgIpc) is 3.75. The maximum atomic E-state index is 14.8. The molecule has 2 saturated heterocycles. The van der Waals surface area contributed by atoms with Gasteiger partial charge in [-0.25, -0.2) is 13.8 Å². The minimum absolute atomic E-state index is 0.0499. The van der Waals surface area contributed by atoms with Gasteiger partial charge in [-0.2, -0.15) is 14.6 Å². The van der Waals surface area contributed by atoms with Crippen LogP contribution in [0.3, 0.4) is 0 Å². The third-order valence-electron chi connectivity index (χ3n) is 7.97. The molecule has 2 aliphatic heterocycles. The van der Waals surface area contributed by atoms with Gasteiger partial charge in [0.15, 0.2) is 23.0 Å². The van der Waals surface area contributed by atoms with Crippen LogP contribution in [0.25, 0.3) is 28.1 Å². The second-order valence-corrected chi connectivity index (χ2v) is 12.3. The van der Waals surface area contributed by atoms with Crippen molar-refractivity contribution in [1.82, 2.24) is 29.0 Å². The fourth-order valence-corrected chi connectivity index (χ4v) is 6.90. The molecule has 0 amide bonds. The van der Waals surface area contributed by atoms with Gasteiger partial charge in [-0.1, -0.05) is 11.2 Å². The third-order valence-corrected chi connectivity index (χ3v) is 9.36. The molecule has 2 fully saturated rings. The summed E-state index contributed by atoms with van der Waals surface area (Å²) in [5.41, 5.74) is 9.35. The third kappa shape index (κ3) is 5.14. The van der Waals surface area contributed by atoms with Crippen molar-refractivity contribution in [3.8, 4) is 17.2 Å². The van der Waals surface area contributed by atoms with Crippen molar-refractivity contribution < 1.29 is 22.5 Å². The zero-order chi connectivity index (χ0) is 28.8. The van der Waals surface area contributed by atoms with Crippen LogP contribution in [0.5, 0.6) is 5.75 Å². The minimum atomic E-state index is -0.837. The Kier molecular flexibility index (Phi) is 7.12. The first-order valence-electron chi connectivity index (χ1n) is 13.9. The van der Waals surface area contributed by atoms with Crippen LogP contribution in [0.2, 0.25) is 0 Å². The van der Waals surface area contributed by atoms with Gasteiger partial charge in [-0.3, -0.25) is 4.90 Å². The summed E-state index contributed by atoms with van der Waals surface area (Å²) in [4.78, 5) is 13.4. The first kappa shape index (κ1) is 27.0. The number of aromatic nitrogens is 5. The Balaban J connectivity index is 1.00. The fourth-order valence-electron chi connectivity index (χ4n) is 5.64. The van der Waals surface area contributed by atoms with E-state index in [1.807, 2.05) is 21.6 Å². The lowest BCUT2D eigenvalue weighted by atomic mass is 10.2. The van der Waals surface area contributed by atoms with Crippen molar-refractivity contribution in [2.45, 2.75) is 25.5 Å². The second kappa shape index (κ2) is 11.1. The minimum Gasteiger partial charge on any atom is -0.616 e. The van der Waals surface area contributed by atoms with E-state index < -0.39 is 22.8 Å². The predicted octanol–water partition coefficient (Wildman–Crippen LogP) is 3.31. The van der Waals surface area contributed by atoms with Gasteiger partial charge in [0.05, 0.1) is 18.3 Å². The molecule has 11 nitrogen and oxygen atoms in total. The maximum Gasteiger partial charge on any atom is 0.223 e. The van der Waals surface area contributed by atoms with Gasteiger partial charge in [0.1, 0.15) is 40.2 Å². The summed E-state index contributed by atoms with van der Waals surface area (Å²) < 4.78 is 55.9. The summed E-state index contributed by atoms with van der Waals surface area (Å²) in [5, 5.41) is 4.52. The highest BCUT2D eigenvalue weighted by Crippen LogP contribution is 2.31. The van der Waals surface area contributed by atoms with Crippen LogP contribution in [-0.4, -0.2) is 83.9 Å². The molecule has 0 unspecified atom stereocenters. The Morgan fingerprint density at radius 3 is 2.64 bits per heavy atom. The van der Waals surface area contributed by atoms with Gasteiger partial charge in [0, 0.05) is 64.2 Å². The Bertz CT molecular complexity index is 1710. The molecule has 0 saturated carbocycles. The van der Waals surface area contributed by atoms with E-state index in [-0.39, 0.29) is 17.8 Å². The van der Waals surface area contributed by atoms with Gasteiger partial charge in [0.25, 0.3) is 0 Å². The monoisotopic (exact) mass is 596 g/mol. The summed E-state index contributed by atoms with van der Waals surface area (Å²) in [6.45, 7) is 3.99. The van der Waals surface area contributed by atoms with Crippen molar-refractivity contribution in [3.63, 3.8) is 0 Å². The van der Waals surface area contributed by atoms with E-state index in [9.17, 15) is 13.3 Å². The normalized spacial score (nSPS) is 20.1. The smallest absolute Gasteiger partial charge is 0.223 e. The quantitative estimate of drug-likeness (QED) is 0.282. The summed E-state index contributed by atoms with van der Waals surface area (Å²) in [6, 6.07) is 7.89. The zero-order valence-corrected chi connectivity index (χ0v) is 23.6. The number of benzene rings is 1. The van der Waals surface area contributed by atoms with Crippen LogP contribution in [0.4, 0.5) is 20.4 Å². The number of halogens is 2. The van der Waals surface area contributed by atoms with Gasteiger partial charge < -0.3 is 28.9 Å². The highest BCUT2D eigenvalue weighted by Gasteiger charge is 2.26. The van der Waals surface area contributed by atoms with Crippen molar-refractivity contribution in [2.24, 2.45) is 0 Å². The molecule has 0 atom stereocenters. The first-order chi connectivity index (χ1) is 20.4. The van der Waals surface area contributed by atoms with Crippen molar-refractivity contribution in [2.75, 3.05) is 54.9 Å². The van der Waals surface area contributed by atoms with Gasteiger partial charge in [-0.05, 0) is 18.2 Å². The van der Waals surface area contributed by atoms with E-state index in [4.69, 9.17) is 14.9 Å². The fraction of sp³-hybridized carbons (Fsp3) is 0.393. The van der Waals surface area contributed by atoms with E-state index in [1.165, 1.54) is 6.07 Å². The Labute approximate surface area is 243 Å². The number of hydrogen-bond acceptors (Lipinski definition) is 9. The molecule has 1 aromatic carbocycles. The molecule has 0 bridgehead atoms. The number of imidazole rings is 1. The molecule has 2 aliphatic rings. The van der Waals surface area contributed by atoms with Crippen molar-refractivity contribution >= 4 is 39.5 Å². The first-order valence-corrected chi connectivity index (χ1v) is 15.4. The van der Waals surface area contributed by atoms with Crippen molar-refractivity contribution in [1.29, 1.82) is 0 Å². The van der Waals surface area contributed by atoms with Gasteiger partial charge in [0.2, 0.25) is 5.95 Å². The van der Waals surface area contributed by atoms with Crippen LogP contribution in [0.1, 0.15) is 12.8 Å². The van der Waals surface area contributed by atoms with E-state index in [0.717, 1.165) is 18.1 Å². The molecule has 6 heterocycles. The average molecular weight is 597 g/mol. The number of furan rings is 1. The molecule has 7 rings (SSSR count). The molecule has 2 N–H and O–H groups in total. The van der Waals surface area contributed by atoms with Crippen LogP contribution in [0, 0.1) is 11.6 Å². The zero-order valence-electron chi connectivity index (χ0n) is 22.8. The Morgan fingerprint density at radius 1 is 1.07 bits per heavy atom. The number of nitrogens with zero attached hydrogens (tertiary/aromatic N) is 7. The standard InChI is InChI=1S/C28H30F2N8O3S/c29-19-14-20(30)25(41-18-3-12-42(39)13-4-18)16-22(19)36-8-5-35(6-9-36)7-10-37-17-32-26-23-15-21(24-2-1-11-40-24)34-38(23)28(31)33-27(26)37/h1-2,11,14-18H,3-10,12-13H2,(H2,31,33)/t18-,42-. The molecule has 14 heteroatoms. The lowest BCUT2D eigenvalue weighted by Gasteiger charge is -2.36. The summed E-state index contributed by atoms with van der Waals surface area (Å²) in [5.74, 6) is 0.712. The van der Waals surface area contributed by atoms with E-state index in [2.05, 4.69) is 20.0 Å². The highest BCUT2D eigenvalue weighted by atomic mass is 32.2. The summed E-state index contributed by atoms with van der Waals surface area (Å²) in [6.07, 6.45) is 4.35. The maximum absolute atomic E-state index is 14.8. The second-order valence-electron chi connectivity index (χ2n) is 10.6. The van der Waals surface area contributed by atoms with Gasteiger partial charge in [-0.15, -0.1) is 0 Å². The van der Waals surface area contributed by atoms with E-state index in [1.54, 1.807) is 23.2 Å². The van der Waals surface area contributed by atoms with Crippen molar-refractivity contribution in [3.05, 3.63) is 54.6 Å². The number of fused-ring (bicyclic) bond motifs is 3. The molecule has 42 heavy (non-hydrogen) atoms. The lowest BCUT2D eigenvalue weighted by molar-refractivity contribution is 0.181. The van der Waals surface area contributed by atoms with Crippen LogP contribution in [0.15, 0.2) is 47.3 Å². The topological polar surface area (TPSA) is 126 Å². The van der Waals surface area contributed by atoms with Crippen LogP contribution >= 0.6 is 0 Å². The van der Waals surface area contributed by atoms with Crippen LogP contribution < -0.4 is 15.4 Å². The Morgan fingerprint density at radius 2 is 1.88 bits per heavy atom. The molecular formula is C28H30F2N8O3S. The molecule has 5 aromatic rings. The summed E-state index contributed by atoms with van der Waals surface area (Å²) >= 11 is -0.837. The van der Waals surface area contributed by atoms with E-state index >= 15 is 0 Å². The lowest BCUT2D eigenvalue weighted by Crippen LogP contribution is -2.47. The number of rotatable bonds is 7. The predicted molar refractivity (Wildman–Crippen MR) is 155 cm³/mol. The number of nitrogens with two attached hydrogens (primary N) is 1. The SMILES string of the molecule is Nc1nc2c(ncn2CCN2CCN(c3cc(O[C@H]4CC[S@+]([O-])CC4)c(F)cc3F)CC2)c2cc(-c3ccco3)nn12. The molecule has 0 aliphatic carbocycles. The summed E-state index contributed by atoms with van der Waals surface area (Å²) in [7, 11) is 0. The number of ether oxygens (including phenoxy) is 1. The number of piperazine rings is 1. The molecular weight excluding hydrogens is 566 g/mol. The number of hydrogen-bond donors (Lipinski definition) is 1. The van der Waals surface area contributed by atoms with E-state index in [0.29, 0.717) is 85.4 Å². The van der Waals surface area contributed by atoms with Crippen LogP contribution in [-0.2, 0) is 17.7 Å². The molecule has 0 radical (unpaired) electrons. The molecule has 4 aromatic heterocycles. The molecule has 0 spiro atoms. The number of anilines is 2. The Hall–Kier alpha value is -3.88.